The van der Waals surface area contributed by atoms with Crippen molar-refractivity contribution in [2.24, 2.45) is 0 Å². The summed E-state index contributed by atoms with van der Waals surface area (Å²) in [4.78, 5) is 17.9. The molecular weight excluding hydrogens is 296 g/mol. The second kappa shape index (κ2) is 8.17. The Bertz CT molecular complexity index is 621. The molecule has 0 bridgehead atoms. The van der Waals surface area contributed by atoms with Crippen LogP contribution in [0.15, 0.2) is 28.8 Å². The van der Waals surface area contributed by atoms with Gasteiger partial charge >= 0.3 is 6.03 Å². The Kier molecular flexibility index (Phi) is 5.96. The van der Waals surface area contributed by atoms with E-state index in [2.05, 4.69) is 15.5 Å². The molecule has 2 amide bonds. The van der Waals surface area contributed by atoms with Gasteiger partial charge in [0, 0.05) is 31.6 Å². The Labute approximate surface area is 135 Å². The molecule has 0 saturated carbocycles. The van der Waals surface area contributed by atoms with Crippen LogP contribution in [-0.4, -0.2) is 47.8 Å². The number of hydrogen-bond acceptors (Lipinski definition) is 5. The summed E-state index contributed by atoms with van der Waals surface area (Å²) >= 11 is 0. The summed E-state index contributed by atoms with van der Waals surface area (Å²) in [5, 5.41) is 6.80. The topological polar surface area (TPSA) is 80.5 Å². The molecule has 7 heteroatoms. The van der Waals surface area contributed by atoms with Gasteiger partial charge in [-0.3, -0.25) is 0 Å². The summed E-state index contributed by atoms with van der Waals surface area (Å²) in [6.07, 6.45) is 0.496. The molecule has 0 radical (unpaired) electrons. The smallest absolute Gasteiger partial charge is 0.317 e. The zero-order chi connectivity index (χ0) is 16.7. The third-order valence-electron chi connectivity index (χ3n) is 3.48. The van der Waals surface area contributed by atoms with E-state index in [1.54, 1.807) is 12.0 Å². The van der Waals surface area contributed by atoms with Crippen LogP contribution >= 0.6 is 0 Å². The van der Waals surface area contributed by atoms with Crippen molar-refractivity contribution in [1.29, 1.82) is 0 Å². The lowest BCUT2D eigenvalue weighted by atomic mass is 10.2. The van der Waals surface area contributed by atoms with Crippen LogP contribution in [0.5, 0.6) is 5.75 Å². The summed E-state index contributed by atoms with van der Waals surface area (Å²) in [7, 11) is 1.62. The first-order chi connectivity index (χ1) is 11.2. The number of ether oxygens (including phenoxy) is 1. The number of nitrogens with one attached hydrogen (secondary N) is 1. The highest BCUT2D eigenvalue weighted by molar-refractivity contribution is 5.74. The Morgan fingerprint density at radius 2 is 1.96 bits per heavy atom. The van der Waals surface area contributed by atoms with Crippen molar-refractivity contribution < 1.29 is 14.1 Å². The molecule has 1 aromatic carbocycles. The molecule has 0 aliphatic rings. The zero-order valence-corrected chi connectivity index (χ0v) is 13.7. The number of hydrogen-bond donors (Lipinski definition) is 1. The number of nitrogens with zero attached hydrogens (tertiary/aromatic N) is 3. The van der Waals surface area contributed by atoms with E-state index in [0.29, 0.717) is 37.8 Å². The Hall–Kier alpha value is -2.57. The molecule has 1 aromatic heterocycles. The molecule has 0 aliphatic heterocycles. The fourth-order valence-electron chi connectivity index (χ4n) is 2.11. The zero-order valence-electron chi connectivity index (χ0n) is 13.7. The first kappa shape index (κ1) is 16.8. The van der Waals surface area contributed by atoms with Gasteiger partial charge in [-0.05, 0) is 38.1 Å². The largest absolute Gasteiger partial charge is 0.497 e. The van der Waals surface area contributed by atoms with Crippen LogP contribution < -0.4 is 10.1 Å². The molecule has 1 N–H and O–H groups in total. The SMILES string of the molecule is CCN(CC)C(=O)NCCc1nc(-c2ccc(OC)cc2)no1. The number of rotatable bonds is 7. The normalized spacial score (nSPS) is 10.4. The van der Waals surface area contributed by atoms with Gasteiger partial charge in [0.2, 0.25) is 11.7 Å². The van der Waals surface area contributed by atoms with Crippen LogP contribution in [0.4, 0.5) is 4.79 Å². The fraction of sp³-hybridized carbons (Fsp3) is 0.438. The van der Waals surface area contributed by atoms with Crippen molar-refractivity contribution in [3.05, 3.63) is 30.2 Å². The maximum Gasteiger partial charge on any atom is 0.317 e. The van der Waals surface area contributed by atoms with E-state index in [0.717, 1.165) is 11.3 Å². The van der Waals surface area contributed by atoms with Crippen LogP contribution in [-0.2, 0) is 6.42 Å². The quantitative estimate of drug-likeness (QED) is 0.847. The minimum absolute atomic E-state index is 0.0788. The predicted octanol–water partition coefficient (Wildman–Crippen LogP) is 2.34. The molecule has 0 unspecified atom stereocenters. The number of aromatic nitrogens is 2. The summed E-state index contributed by atoms with van der Waals surface area (Å²) in [6.45, 7) is 5.72. The third-order valence-corrected chi connectivity index (χ3v) is 3.48. The van der Waals surface area contributed by atoms with Crippen molar-refractivity contribution in [2.45, 2.75) is 20.3 Å². The minimum Gasteiger partial charge on any atom is -0.497 e. The van der Waals surface area contributed by atoms with Crippen molar-refractivity contribution in [3.8, 4) is 17.1 Å². The van der Waals surface area contributed by atoms with Crippen LogP contribution in [0.2, 0.25) is 0 Å². The first-order valence-corrected chi connectivity index (χ1v) is 7.67. The number of carbonyl (C=O) groups excluding carboxylic acids is 1. The highest BCUT2D eigenvalue weighted by Crippen LogP contribution is 2.19. The first-order valence-electron chi connectivity index (χ1n) is 7.67. The van der Waals surface area contributed by atoms with Crippen LogP contribution in [0, 0.1) is 0 Å². The number of amides is 2. The molecule has 0 atom stereocenters. The third kappa shape index (κ3) is 4.45. The molecule has 1 heterocycles. The molecule has 0 spiro atoms. The number of carbonyl (C=O) groups is 1. The van der Waals surface area contributed by atoms with Crippen LogP contribution in [0.3, 0.4) is 0 Å². The van der Waals surface area contributed by atoms with Gasteiger partial charge in [-0.2, -0.15) is 4.98 Å². The Morgan fingerprint density at radius 1 is 1.26 bits per heavy atom. The second-order valence-corrected chi connectivity index (χ2v) is 4.89. The summed E-state index contributed by atoms with van der Waals surface area (Å²) < 4.78 is 10.3. The van der Waals surface area contributed by atoms with E-state index in [4.69, 9.17) is 9.26 Å². The standard InChI is InChI=1S/C16H22N4O3/c1-4-20(5-2)16(21)17-11-10-14-18-15(19-23-14)12-6-8-13(22-3)9-7-12/h6-9H,4-5,10-11H2,1-3H3,(H,17,21). The Balaban J connectivity index is 1.88. The van der Waals surface area contributed by atoms with Crippen LogP contribution in [0.1, 0.15) is 19.7 Å². The molecule has 23 heavy (non-hydrogen) atoms. The molecule has 2 rings (SSSR count). The molecule has 124 valence electrons. The van der Waals surface area contributed by atoms with Crippen molar-refractivity contribution >= 4 is 6.03 Å². The van der Waals surface area contributed by atoms with Crippen molar-refractivity contribution in [1.82, 2.24) is 20.4 Å². The lowest BCUT2D eigenvalue weighted by Crippen LogP contribution is -2.40. The van der Waals surface area contributed by atoms with E-state index < -0.39 is 0 Å². The van der Waals surface area contributed by atoms with Gasteiger partial charge in [-0.15, -0.1) is 0 Å². The average Bonchev–Trinajstić information content (AvgIpc) is 3.05. The van der Waals surface area contributed by atoms with E-state index in [1.165, 1.54) is 0 Å². The monoisotopic (exact) mass is 318 g/mol. The second-order valence-electron chi connectivity index (χ2n) is 4.89. The van der Waals surface area contributed by atoms with E-state index in [1.807, 2.05) is 38.1 Å². The highest BCUT2D eigenvalue weighted by atomic mass is 16.5. The van der Waals surface area contributed by atoms with Gasteiger partial charge in [0.1, 0.15) is 5.75 Å². The highest BCUT2D eigenvalue weighted by Gasteiger charge is 2.11. The van der Waals surface area contributed by atoms with E-state index >= 15 is 0 Å². The number of benzene rings is 1. The molecule has 0 saturated heterocycles. The Morgan fingerprint density at radius 3 is 2.57 bits per heavy atom. The maximum absolute atomic E-state index is 11.8. The molecular formula is C16H22N4O3. The minimum atomic E-state index is -0.0788. The van der Waals surface area contributed by atoms with Gasteiger partial charge in [-0.1, -0.05) is 5.16 Å². The summed E-state index contributed by atoms with van der Waals surface area (Å²) in [6, 6.07) is 7.35. The van der Waals surface area contributed by atoms with Gasteiger partial charge in [0.25, 0.3) is 0 Å². The molecule has 0 fully saturated rings. The average molecular weight is 318 g/mol. The molecule has 7 nitrogen and oxygen atoms in total. The van der Waals surface area contributed by atoms with E-state index in [9.17, 15) is 4.79 Å². The number of urea groups is 1. The van der Waals surface area contributed by atoms with Gasteiger partial charge in [-0.25, -0.2) is 4.79 Å². The molecule has 2 aromatic rings. The maximum atomic E-state index is 11.8. The predicted molar refractivity (Wildman–Crippen MR) is 86.3 cm³/mol. The van der Waals surface area contributed by atoms with Gasteiger partial charge in [0.15, 0.2) is 0 Å². The lowest BCUT2D eigenvalue weighted by Gasteiger charge is -2.18. The molecule has 0 aliphatic carbocycles. The van der Waals surface area contributed by atoms with Gasteiger partial charge in [0.05, 0.1) is 7.11 Å². The summed E-state index contributed by atoms with van der Waals surface area (Å²) in [5.41, 5.74) is 0.855. The van der Waals surface area contributed by atoms with E-state index in [-0.39, 0.29) is 6.03 Å². The lowest BCUT2D eigenvalue weighted by molar-refractivity contribution is 0.203. The fourth-order valence-corrected chi connectivity index (χ4v) is 2.11. The summed E-state index contributed by atoms with van der Waals surface area (Å²) in [5.74, 6) is 1.80. The number of methoxy groups -OCH3 is 1. The van der Waals surface area contributed by atoms with Crippen molar-refractivity contribution in [2.75, 3.05) is 26.7 Å². The van der Waals surface area contributed by atoms with Crippen molar-refractivity contribution in [3.63, 3.8) is 0 Å². The van der Waals surface area contributed by atoms with Crippen LogP contribution in [0.25, 0.3) is 11.4 Å². The van der Waals surface area contributed by atoms with Gasteiger partial charge < -0.3 is 19.5 Å².